The van der Waals surface area contributed by atoms with E-state index in [2.05, 4.69) is 22.3 Å². The number of nitrogens with zero attached hydrogens (tertiary/aromatic N) is 3. The van der Waals surface area contributed by atoms with Gasteiger partial charge in [-0.15, -0.1) is 0 Å². The fourth-order valence-corrected chi connectivity index (χ4v) is 1.93. The van der Waals surface area contributed by atoms with Gasteiger partial charge in [0.25, 0.3) is 5.69 Å². The molecule has 7 nitrogen and oxygen atoms in total. The molecule has 2 rings (SSSR count). The number of amides is 1. The van der Waals surface area contributed by atoms with Gasteiger partial charge in [0.1, 0.15) is 5.69 Å². The van der Waals surface area contributed by atoms with E-state index in [1.54, 1.807) is 30.8 Å². The molecule has 0 aliphatic heterocycles. The quantitative estimate of drug-likeness (QED) is 0.521. The number of aromatic nitrogens is 2. The first-order valence-electron chi connectivity index (χ1n) is 6.46. The molecule has 0 spiro atoms. The summed E-state index contributed by atoms with van der Waals surface area (Å²) >= 11 is 0. The van der Waals surface area contributed by atoms with E-state index < -0.39 is 4.92 Å². The number of nitro benzene ring substituents is 1. The number of nitrogens with one attached hydrogen (secondary N) is 1. The Hall–Kier alpha value is -3.14. The minimum atomic E-state index is -0.462. The van der Waals surface area contributed by atoms with Gasteiger partial charge in [-0.25, -0.2) is 0 Å². The molecule has 7 heteroatoms. The Labute approximate surface area is 127 Å². The van der Waals surface area contributed by atoms with Gasteiger partial charge >= 0.3 is 0 Å². The van der Waals surface area contributed by atoms with Crippen molar-refractivity contribution < 1.29 is 9.72 Å². The van der Waals surface area contributed by atoms with Gasteiger partial charge in [-0.1, -0.05) is 5.92 Å². The van der Waals surface area contributed by atoms with Gasteiger partial charge < -0.3 is 5.32 Å². The Balaban J connectivity index is 2.35. The molecule has 112 valence electrons. The predicted octanol–water partition coefficient (Wildman–Crippen LogP) is 1.99. The van der Waals surface area contributed by atoms with Gasteiger partial charge in [0, 0.05) is 31.7 Å². The summed E-state index contributed by atoms with van der Waals surface area (Å²) in [5.74, 6) is 5.65. The van der Waals surface area contributed by atoms with Crippen LogP contribution >= 0.6 is 0 Å². The molecule has 0 saturated heterocycles. The Kier molecular flexibility index (Phi) is 4.23. The fraction of sp³-hybridized carbons (Fsp3) is 0.200. The Bertz CT molecular complexity index is 795. The SMILES string of the molecule is CC(=O)Nc1c(C)nn(C)c1C#Cc1ccc([N+](=O)[O-])cc1. The predicted molar refractivity (Wildman–Crippen MR) is 81.3 cm³/mol. The van der Waals surface area contributed by atoms with Crippen LogP contribution in [-0.2, 0) is 11.8 Å². The van der Waals surface area contributed by atoms with Crippen molar-refractivity contribution in [1.29, 1.82) is 0 Å². The van der Waals surface area contributed by atoms with E-state index in [-0.39, 0.29) is 11.6 Å². The number of rotatable bonds is 2. The Morgan fingerprint density at radius 3 is 2.50 bits per heavy atom. The molecule has 1 aromatic carbocycles. The van der Waals surface area contributed by atoms with Crippen molar-refractivity contribution in [3.63, 3.8) is 0 Å². The van der Waals surface area contributed by atoms with E-state index in [1.807, 2.05) is 0 Å². The third kappa shape index (κ3) is 3.30. The summed E-state index contributed by atoms with van der Waals surface area (Å²) < 4.78 is 1.58. The molecule has 1 heterocycles. The zero-order chi connectivity index (χ0) is 16.3. The lowest BCUT2D eigenvalue weighted by atomic mass is 10.2. The number of carbonyl (C=O) groups excluding carboxylic acids is 1. The summed E-state index contributed by atoms with van der Waals surface area (Å²) in [6.07, 6.45) is 0. The average molecular weight is 298 g/mol. The molecule has 0 unspecified atom stereocenters. The number of hydrogen-bond acceptors (Lipinski definition) is 4. The highest BCUT2D eigenvalue weighted by atomic mass is 16.6. The van der Waals surface area contributed by atoms with Crippen molar-refractivity contribution in [2.75, 3.05) is 5.32 Å². The number of aryl methyl sites for hydroxylation is 2. The second-order valence-corrected chi connectivity index (χ2v) is 4.67. The number of nitro groups is 1. The summed E-state index contributed by atoms with van der Waals surface area (Å²) in [5, 5.41) is 17.5. The average Bonchev–Trinajstić information content (AvgIpc) is 2.71. The zero-order valence-electron chi connectivity index (χ0n) is 12.4. The van der Waals surface area contributed by atoms with Crippen LogP contribution in [0.2, 0.25) is 0 Å². The zero-order valence-corrected chi connectivity index (χ0v) is 12.4. The van der Waals surface area contributed by atoms with Crippen molar-refractivity contribution in [3.05, 3.63) is 51.3 Å². The number of benzene rings is 1. The van der Waals surface area contributed by atoms with Crippen LogP contribution in [0.25, 0.3) is 0 Å². The second kappa shape index (κ2) is 6.10. The van der Waals surface area contributed by atoms with Crippen molar-refractivity contribution in [1.82, 2.24) is 9.78 Å². The smallest absolute Gasteiger partial charge is 0.269 e. The summed E-state index contributed by atoms with van der Waals surface area (Å²) in [7, 11) is 1.73. The van der Waals surface area contributed by atoms with E-state index in [1.165, 1.54) is 19.1 Å². The van der Waals surface area contributed by atoms with Crippen molar-refractivity contribution in [2.24, 2.45) is 7.05 Å². The molecule has 0 aliphatic carbocycles. The first kappa shape index (κ1) is 15.3. The highest BCUT2D eigenvalue weighted by Gasteiger charge is 2.12. The molecule has 2 aromatic rings. The highest BCUT2D eigenvalue weighted by Crippen LogP contribution is 2.19. The first-order valence-corrected chi connectivity index (χ1v) is 6.46. The Morgan fingerprint density at radius 2 is 1.95 bits per heavy atom. The van der Waals surface area contributed by atoms with E-state index >= 15 is 0 Å². The fourth-order valence-electron chi connectivity index (χ4n) is 1.93. The van der Waals surface area contributed by atoms with Crippen LogP contribution in [0, 0.1) is 28.9 Å². The lowest BCUT2D eigenvalue weighted by molar-refractivity contribution is -0.384. The van der Waals surface area contributed by atoms with Crippen molar-refractivity contribution in [3.8, 4) is 11.8 Å². The molecule has 1 amide bonds. The van der Waals surface area contributed by atoms with Crippen LogP contribution in [0.15, 0.2) is 24.3 Å². The highest BCUT2D eigenvalue weighted by molar-refractivity contribution is 5.90. The maximum Gasteiger partial charge on any atom is 0.269 e. The van der Waals surface area contributed by atoms with Crippen LogP contribution < -0.4 is 5.32 Å². The van der Waals surface area contributed by atoms with Gasteiger partial charge in [-0.3, -0.25) is 19.6 Å². The number of non-ortho nitro benzene ring substituents is 1. The maximum atomic E-state index is 11.2. The molecule has 0 atom stereocenters. The van der Waals surface area contributed by atoms with Crippen molar-refractivity contribution in [2.45, 2.75) is 13.8 Å². The third-order valence-electron chi connectivity index (χ3n) is 2.93. The van der Waals surface area contributed by atoms with E-state index in [9.17, 15) is 14.9 Å². The molecule has 1 N–H and O–H groups in total. The largest absolute Gasteiger partial charge is 0.322 e. The molecular formula is C15H14N4O3. The van der Waals surface area contributed by atoms with Gasteiger partial charge in [0.2, 0.25) is 5.91 Å². The number of anilines is 1. The molecule has 0 bridgehead atoms. The normalized spacial score (nSPS) is 9.77. The lowest BCUT2D eigenvalue weighted by Crippen LogP contribution is -2.08. The van der Waals surface area contributed by atoms with E-state index in [4.69, 9.17) is 0 Å². The molecule has 0 radical (unpaired) electrons. The first-order chi connectivity index (χ1) is 10.4. The standard InChI is InChI=1S/C15H14N4O3/c1-10-15(16-11(2)20)14(18(3)17-10)9-6-12-4-7-13(8-5-12)19(21)22/h4-5,7-8H,1-3H3,(H,16,20). The summed E-state index contributed by atoms with van der Waals surface area (Å²) in [4.78, 5) is 21.4. The van der Waals surface area contributed by atoms with Crippen LogP contribution in [0.1, 0.15) is 23.9 Å². The number of hydrogen-bond donors (Lipinski definition) is 1. The molecule has 0 fully saturated rings. The summed E-state index contributed by atoms with van der Waals surface area (Å²) in [6, 6.07) is 5.94. The maximum absolute atomic E-state index is 11.2. The second-order valence-electron chi connectivity index (χ2n) is 4.67. The minimum absolute atomic E-state index is 0.0147. The van der Waals surface area contributed by atoms with Crippen LogP contribution in [0.3, 0.4) is 0 Å². The molecule has 1 aromatic heterocycles. The minimum Gasteiger partial charge on any atom is -0.322 e. The van der Waals surface area contributed by atoms with Gasteiger partial charge in [0.05, 0.1) is 16.3 Å². The van der Waals surface area contributed by atoms with E-state index in [0.29, 0.717) is 22.6 Å². The third-order valence-corrected chi connectivity index (χ3v) is 2.93. The summed E-state index contributed by atoms with van der Waals surface area (Å²) in [6.45, 7) is 3.20. The van der Waals surface area contributed by atoms with Gasteiger partial charge in [-0.2, -0.15) is 5.10 Å². The van der Waals surface area contributed by atoms with Crippen LogP contribution in [0.5, 0.6) is 0 Å². The molecule has 0 saturated carbocycles. The van der Waals surface area contributed by atoms with Crippen molar-refractivity contribution >= 4 is 17.3 Å². The topological polar surface area (TPSA) is 90.1 Å². The molecular weight excluding hydrogens is 284 g/mol. The van der Waals surface area contributed by atoms with Gasteiger partial charge in [-0.05, 0) is 25.0 Å². The van der Waals surface area contributed by atoms with Crippen LogP contribution in [-0.4, -0.2) is 20.6 Å². The summed E-state index contributed by atoms with van der Waals surface area (Å²) in [5.41, 5.74) is 2.47. The molecule has 0 aliphatic rings. The van der Waals surface area contributed by atoms with Gasteiger partial charge in [0.15, 0.2) is 0 Å². The number of carbonyl (C=O) groups is 1. The molecule has 22 heavy (non-hydrogen) atoms. The Morgan fingerprint density at radius 1 is 1.32 bits per heavy atom. The monoisotopic (exact) mass is 298 g/mol. The van der Waals surface area contributed by atoms with Crippen LogP contribution in [0.4, 0.5) is 11.4 Å². The van der Waals surface area contributed by atoms with E-state index in [0.717, 1.165) is 0 Å². The lowest BCUT2D eigenvalue weighted by Gasteiger charge is -2.00.